The molecular weight excluding hydrogens is 432 g/mol. The molecule has 1 heterocycles. The maximum Gasteiger partial charge on any atom is 0.186 e. The van der Waals surface area contributed by atoms with Crippen LogP contribution in [0.4, 0.5) is 0 Å². The van der Waals surface area contributed by atoms with Gasteiger partial charge in [0, 0.05) is 7.11 Å². The quantitative estimate of drug-likeness (QED) is 0.461. The van der Waals surface area contributed by atoms with Gasteiger partial charge in [-0.1, -0.05) is 91.0 Å². The minimum absolute atomic E-state index is 0.270. The Labute approximate surface area is 201 Å². The molecule has 1 N–H and O–H groups in total. The van der Waals surface area contributed by atoms with Gasteiger partial charge < -0.3 is 28.8 Å². The summed E-state index contributed by atoms with van der Waals surface area (Å²) in [6.45, 7) is 1.41. The van der Waals surface area contributed by atoms with E-state index in [0.29, 0.717) is 19.8 Å². The van der Waals surface area contributed by atoms with E-state index in [-0.39, 0.29) is 6.61 Å². The summed E-state index contributed by atoms with van der Waals surface area (Å²) in [6, 6.07) is 29.7. The highest BCUT2D eigenvalue weighted by Crippen LogP contribution is 2.28. The highest BCUT2D eigenvalue weighted by atomic mass is 16.7. The van der Waals surface area contributed by atoms with Crippen LogP contribution in [-0.2, 0) is 43.5 Å². The number of hydrogen-bond donors (Lipinski definition) is 1. The fraction of sp³-hybridized carbons (Fsp3) is 0.357. The first-order chi connectivity index (χ1) is 16.7. The van der Waals surface area contributed by atoms with Crippen molar-refractivity contribution in [1.82, 2.24) is 0 Å². The molecule has 1 aliphatic heterocycles. The Morgan fingerprint density at radius 2 is 1.15 bits per heavy atom. The Balaban J connectivity index is 1.48. The molecule has 1 aliphatic rings. The molecule has 1 fully saturated rings. The molecule has 1 saturated heterocycles. The van der Waals surface area contributed by atoms with Crippen molar-refractivity contribution in [2.45, 2.75) is 50.5 Å². The molecular formula is C28H32O6. The normalized spacial score (nSPS) is 24.7. The monoisotopic (exact) mass is 464 g/mol. The van der Waals surface area contributed by atoms with E-state index in [4.69, 9.17) is 23.7 Å². The molecule has 3 aromatic rings. The van der Waals surface area contributed by atoms with E-state index in [1.807, 2.05) is 91.0 Å². The zero-order valence-electron chi connectivity index (χ0n) is 19.4. The minimum Gasteiger partial charge on any atom is -0.385 e. The van der Waals surface area contributed by atoms with Crippen molar-refractivity contribution in [3.05, 3.63) is 108 Å². The number of ether oxygens (including phenoxy) is 5. The number of benzene rings is 3. The zero-order chi connectivity index (χ0) is 23.6. The number of aliphatic hydroxyl groups is 1. The van der Waals surface area contributed by atoms with Crippen molar-refractivity contribution in [1.29, 1.82) is 0 Å². The smallest absolute Gasteiger partial charge is 0.186 e. The highest BCUT2D eigenvalue weighted by Gasteiger charge is 2.47. The SMILES string of the molecule is CO[C@@H]1O[C@H](COCc2ccccc2)[C@H](OCc2ccccc2)[C@H](OCc2ccccc2)[C@H]1O. The average molecular weight is 465 g/mol. The van der Waals surface area contributed by atoms with Gasteiger partial charge in [-0.3, -0.25) is 0 Å². The second-order valence-electron chi connectivity index (χ2n) is 8.29. The van der Waals surface area contributed by atoms with Crippen LogP contribution in [-0.4, -0.2) is 49.5 Å². The van der Waals surface area contributed by atoms with Gasteiger partial charge in [-0.05, 0) is 16.7 Å². The Morgan fingerprint density at radius 3 is 1.65 bits per heavy atom. The minimum atomic E-state index is -1.01. The lowest BCUT2D eigenvalue weighted by Crippen LogP contribution is -2.60. The van der Waals surface area contributed by atoms with Gasteiger partial charge in [-0.25, -0.2) is 0 Å². The summed E-state index contributed by atoms with van der Waals surface area (Å²) >= 11 is 0. The summed E-state index contributed by atoms with van der Waals surface area (Å²) in [4.78, 5) is 0. The number of hydrogen-bond acceptors (Lipinski definition) is 6. The van der Waals surface area contributed by atoms with E-state index in [1.54, 1.807) is 0 Å². The molecule has 0 aromatic heterocycles. The zero-order valence-corrected chi connectivity index (χ0v) is 19.4. The van der Waals surface area contributed by atoms with Gasteiger partial charge in [0.05, 0.1) is 26.4 Å². The average Bonchev–Trinajstić information content (AvgIpc) is 2.89. The van der Waals surface area contributed by atoms with Crippen molar-refractivity contribution < 1.29 is 28.8 Å². The van der Waals surface area contributed by atoms with Crippen LogP contribution >= 0.6 is 0 Å². The summed E-state index contributed by atoms with van der Waals surface area (Å²) in [5, 5.41) is 11.0. The number of methoxy groups -OCH3 is 1. The summed E-state index contributed by atoms with van der Waals surface area (Å²) in [7, 11) is 1.51. The lowest BCUT2D eigenvalue weighted by Gasteiger charge is -2.43. The Kier molecular flexibility index (Phi) is 9.21. The third-order valence-electron chi connectivity index (χ3n) is 5.81. The van der Waals surface area contributed by atoms with Gasteiger partial charge in [-0.15, -0.1) is 0 Å². The molecule has 3 aromatic carbocycles. The highest BCUT2D eigenvalue weighted by molar-refractivity contribution is 5.15. The first kappa shape index (κ1) is 24.5. The lowest BCUT2D eigenvalue weighted by molar-refractivity contribution is -0.313. The molecule has 0 amide bonds. The van der Waals surface area contributed by atoms with Crippen molar-refractivity contribution in [2.24, 2.45) is 0 Å². The van der Waals surface area contributed by atoms with Crippen LogP contribution in [0, 0.1) is 0 Å². The summed E-state index contributed by atoms with van der Waals surface area (Å²) in [5.74, 6) is 0. The third kappa shape index (κ3) is 6.73. The van der Waals surface area contributed by atoms with E-state index in [1.165, 1.54) is 7.11 Å². The van der Waals surface area contributed by atoms with E-state index in [9.17, 15) is 5.11 Å². The molecule has 0 radical (unpaired) electrons. The van der Waals surface area contributed by atoms with Crippen LogP contribution in [0.3, 0.4) is 0 Å². The van der Waals surface area contributed by atoms with Crippen LogP contribution in [0.2, 0.25) is 0 Å². The van der Waals surface area contributed by atoms with Crippen molar-refractivity contribution in [3.8, 4) is 0 Å². The number of rotatable bonds is 11. The van der Waals surface area contributed by atoms with Crippen LogP contribution in [0.15, 0.2) is 91.0 Å². The van der Waals surface area contributed by atoms with Crippen LogP contribution in [0.5, 0.6) is 0 Å². The van der Waals surface area contributed by atoms with E-state index >= 15 is 0 Å². The van der Waals surface area contributed by atoms with Gasteiger partial charge in [-0.2, -0.15) is 0 Å². The Bertz CT molecular complexity index is 952. The van der Waals surface area contributed by atoms with Gasteiger partial charge in [0.25, 0.3) is 0 Å². The van der Waals surface area contributed by atoms with E-state index in [2.05, 4.69) is 0 Å². The third-order valence-corrected chi connectivity index (χ3v) is 5.81. The van der Waals surface area contributed by atoms with Gasteiger partial charge in [0.15, 0.2) is 6.29 Å². The lowest BCUT2D eigenvalue weighted by atomic mass is 9.98. The molecule has 5 atom stereocenters. The molecule has 0 unspecified atom stereocenters. The summed E-state index contributed by atoms with van der Waals surface area (Å²) in [6.07, 6.45) is -3.56. The molecule has 6 heteroatoms. The largest absolute Gasteiger partial charge is 0.385 e. The fourth-order valence-corrected chi connectivity index (χ4v) is 4.02. The van der Waals surface area contributed by atoms with E-state index < -0.39 is 30.7 Å². The molecule has 0 bridgehead atoms. The van der Waals surface area contributed by atoms with Crippen molar-refractivity contribution >= 4 is 0 Å². The maximum atomic E-state index is 11.0. The molecule has 6 nitrogen and oxygen atoms in total. The van der Waals surface area contributed by atoms with Gasteiger partial charge in [0.1, 0.15) is 24.4 Å². The molecule has 4 rings (SSSR count). The topological polar surface area (TPSA) is 66.4 Å². The standard InChI is InChI=1S/C28H32O6/c1-30-28-25(29)27(33-19-23-15-9-4-10-16-23)26(32-18-22-13-7-3-8-14-22)24(34-28)20-31-17-21-11-5-2-6-12-21/h2-16,24-29H,17-20H2,1H3/t24-,25-,26+,27-,28-/m1/s1. The fourth-order valence-electron chi connectivity index (χ4n) is 4.02. The molecule has 0 saturated carbocycles. The molecule has 180 valence electrons. The maximum absolute atomic E-state index is 11.0. The van der Waals surface area contributed by atoms with Crippen molar-refractivity contribution in [3.63, 3.8) is 0 Å². The first-order valence-electron chi connectivity index (χ1n) is 11.5. The van der Waals surface area contributed by atoms with E-state index in [0.717, 1.165) is 16.7 Å². The second kappa shape index (κ2) is 12.8. The predicted molar refractivity (Wildman–Crippen MR) is 128 cm³/mol. The first-order valence-corrected chi connectivity index (χ1v) is 11.5. The second-order valence-corrected chi connectivity index (χ2v) is 8.29. The Hall–Kier alpha value is -2.58. The van der Waals surface area contributed by atoms with Crippen LogP contribution in [0.25, 0.3) is 0 Å². The molecule has 0 aliphatic carbocycles. The summed E-state index contributed by atoms with van der Waals surface area (Å²) in [5.41, 5.74) is 3.10. The van der Waals surface area contributed by atoms with Gasteiger partial charge >= 0.3 is 0 Å². The summed E-state index contributed by atoms with van der Waals surface area (Å²) < 4.78 is 30.0. The van der Waals surface area contributed by atoms with Crippen molar-refractivity contribution in [2.75, 3.05) is 13.7 Å². The Morgan fingerprint density at radius 1 is 0.676 bits per heavy atom. The molecule has 0 spiro atoms. The number of aliphatic hydroxyl groups excluding tert-OH is 1. The predicted octanol–water partition coefficient (Wildman–Crippen LogP) is 4.11. The molecule has 34 heavy (non-hydrogen) atoms. The van der Waals surface area contributed by atoms with Gasteiger partial charge in [0.2, 0.25) is 0 Å². The van der Waals surface area contributed by atoms with Crippen LogP contribution in [0.1, 0.15) is 16.7 Å². The van der Waals surface area contributed by atoms with Crippen LogP contribution < -0.4 is 0 Å².